The second kappa shape index (κ2) is 5.26. The molecule has 0 aliphatic rings. The summed E-state index contributed by atoms with van der Waals surface area (Å²) < 4.78 is 0.878. The van der Waals surface area contributed by atoms with E-state index in [-0.39, 0.29) is 6.42 Å². The van der Waals surface area contributed by atoms with Gasteiger partial charge in [0, 0.05) is 4.47 Å². The van der Waals surface area contributed by atoms with E-state index in [1.807, 2.05) is 19.1 Å². The minimum atomic E-state index is -1.04. The number of nitrogens with zero attached hydrogens (tertiary/aromatic N) is 1. The Hall–Kier alpha value is -0.890. The van der Waals surface area contributed by atoms with Gasteiger partial charge in [-0.15, -0.1) is 0 Å². The van der Waals surface area contributed by atoms with Crippen LogP contribution in [-0.2, 0) is 0 Å². The molecule has 0 heterocycles. The quantitative estimate of drug-likeness (QED) is 0.883. The molecule has 2 N–H and O–H groups in total. The largest absolute Gasteiger partial charge is 0.389 e. The van der Waals surface area contributed by atoms with E-state index < -0.39 is 12.2 Å². The van der Waals surface area contributed by atoms with Crippen molar-refractivity contribution in [1.29, 1.82) is 5.26 Å². The highest BCUT2D eigenvalue weighted by molar-refractivity contribution is 9.10. The zero-order chi connectivity index (χ0) is 11.4. The minimum absolute atomic E-state index is 0.0763. The fourth-order valence-electron chi connectivity index (χ4n) is 1.36. The molecule has 1 aromatic rings. The van der Waals surface area contributed by atoms with Crippen molar-refractivity contribution in [1.82, 2.24) is 0 Å². The summed E-state index contributed by atoms with van der Waals surface area (Å²) in [4.78, 5) is 0. The van der Waals surface area contributed by atoms with E-state index in [1.54, 1.807) is 12.1 Å². The molecule has 3 nitrogen and oxygen atoms in total. The molecule has 0 aromatic heterocycles. The first kappa shape index (κ1) is 12.2. The first-order chi connectivity index (χ1) is 7.07. The first-order valence-electron chi connectivity index (χ1n) is 4.56. The van der Waals surface area contributed by atoms with Crippen molar-refractivity contribution < 1.29 is 10.2 Å². The number of hydrogen-bond acceptors (Lipinski definition) is 3. The van der Waals surface area contributed by atoms with Gasteiger partial charge in [-0.25, -0.2) is 0 Å². The minimum Gasteiger partial charge on any atom is -0.389 e. The van der Waals surface area contributed by atoms with Gasteiger partial charge in [-0.05, 0) is 24.1 Å². The zero-order valence-corrected chi connectivity index (χ0v) is 9.90. The Bertz CT molecular complexity index is 387. The fourth-order valence-corrected chi connectivity index (χ4v) is 1.74. The van der Waals surface area contributed by atoms with Gasteiger partial charge in [0.05, 0.1) is 18.6 Å². The summed E-state index contributed by atoms with van der Waals surface area (Å²) in [6.07, 6.45) is -2.13. The van der Waals surface area contributed by atoms with E-state index in [0.29, 0.717) is 5.56 Å². The van der Waals surface area contributed by atoms with Crippen LogP contribution in [-0.4, -0.2) is 16.3 Å². The Morgan fingerprint density at radius 2 is 2.13 bits per heavy atom. The van der Waals surface area contributed by atoms with Crippen LogP contribution in [0.15, 0.2) is 22.7 Å². The molecule has 4 heteroatoms. The maximum absolute atomic E-state index is 9.80. The smallest absolute Gasteiger partial charge is 0.106 e. The number of aliphatic hydroxyl groups excluding tert-OH is 2. The van der Waals surface area contributed by atoms with Crippen molar-refractivity contribution in [2.24, 2.45) is 0 Å². The Balaban J connectivity index is 2.96. The molecule has 2 unspecified atom stereocenters. The summed E-state index contributed by atoms with van der Waals surface area (Å²) in [7, 11) is 0. The third-order valence-corrected chi connectivity index (χ3v) is 3.15. The molecular formula is C11H12BrNO2. The standard InChI is InChI=1S/C11H12BrNO2/c1-7-8(3-2-4-9(7)12)11(15)10(14)5-6-13/h2-4,10-11,14-15H,5H2,1H3. The van der Waals surface area contributed by atoms with Crippen LogP contribution in [0, 0.1) is 18.3 Å². The number of halogens is 1. The van der Waals surface area contributed by atoms with Crippen LogP contribution >= 0.6 is 15.9 Å². The van der Waals surface area contributed by atoms with Gasteiger partial charge in [-0.3, -0.25) is 0 Å². The van der Waals surface area contributed by atoms with Crippen LogP contribution < -0.4 is 0 Å². The predicted molar refractivity (Wildman–Crippen MR) is 60.1 cm³/mol. The Morgan fingerprint density at radius 1 is 1.47 bits per heavy atom. The van der Waals surface area contributed by atoms with Gasteiger partial charge in [0.2, 0.25) is 0 Å². The number of benzene rings is 1. The summed E-state index contributed by atoms with van der Waals surface area (Å²) in [6.45, 7) is 1.85. The molecule has 0 amide bonds. The highest BCUT2D eigenvalue weighted by Crippen LogP contribution is 2.27. The van der Waals surface area contributed by atoms with Crippen LogP contribution in [0.5, 0.6) is 0 Å². The number of hydrogen-bond donors (Lipinski definition) is 2. The molecule has 1 rings (SSSR count). The lowest BCUT2D eigenvalue weighted by Gasteiger charge is -2.18. The average Bonchev–Trinajstić information content (AvgIpc) is 2.21. The van der Waals surface area contributed by atoms with Gasteiger partial charge in [-0.1, -0.05) is 28.1 Å². The fraction of sp³-hybridized carbons (Fsp3) is 0.364. The molecule has 15 heavy (non-hydrogen) atoms. The maximum Gasteiger partial charge on any atom is 0.106 e. The molecule has 0 saturated heterocycles. The molecule has 0 saturated carbocycles. The van der Waals surface area contributed by atoms with Crippen molar-refractivity contribution in [3.8, 4) is 6.07 Å². The van der Waals surface area contributed by atoms with Gasteiger partial charge in [0.1, 0.15) is 6.10 Å². The number of rotatable bonds is 3. The second-order valence-electron chi connectivity index (χ2n) is 3.33. The van der Waals surface area contributed by atoms with Crippen molar-refractivity contribution in [2.75, 3.05) is 0 Å². The normalized spacial score (nSPS) is 14.3. The Labute approximate surface area is 97.1 Å². The van der Waals surface area contributed by atoms with Crippen LogP contribution in [0.25, 0.3) is 0 Å². The summed E-state index contributed by atoms with van der Waals surface area (Å²) in [5, 5.41) is 27.7. The van der Waals surface area contributed by atoms with E-state index >= 15 is 0 Å². The third kappa shape index (κ3) is 2.78. The van der Waals surface area contributed by atoms with Gasteiger partial charge >= 0.3 is 0 Å². The van der Waals surface area contributed by atoms with Crippen molar-refractivity contribution in [2.45, 2.75) is 25.6 Å². The van der Waals surface area contributed by atoms with Crippen LogP contribution in [0.1, 0.15) is 23.7 Å². The topological polar surface area (TPSA) is 64.2 Å². The Morgan fingerprint density at radius 3 is 2.73 bits per heavy atom. The highest BCUT2D eigenvalue weighted by atomic mass is 79.9. The van der Waals surface area contributed by atoms with Crippen molar-refractivity contribution in [3.05, 3.63) is 33.8 Å². The van der Waals surface area contributed by atoms with Gasteiger partial charge in [-0.2, -0.15) is 5.26 Å². The lowest BCUT2D eigenvalue weighted by Crippen LogP contribution is -2.18. The van der Waals surface area contributed by atoms with E-state index in [2.05, 4.69) is 15.9 Å². The summed E-state index contributed by atoms with van der Waals surface area (Å²) in [5.74, 6) is 0. The number of aliphatic hydroxyl groups is 2. The molecule has 0 fully saturated rings. The molecule has 0 bridgehead atoms. The van der Waals surface area contributed by atoms with E-state index in [9.17, 15) is 10.2 Å². The zero-order valence-electron chi connectivity index (χ0n) is 8.31. The first-order valence-corrected chi connectivity index (χ1v) is 5.35. The molecule has 0 aliphatic heterocycles. The monoisotopic (exact) mass is 269 g/mol. The Kier molecular flexibility index (Phi) is 4.28. The summed E-state index contributed by atoms with van der Waals surface area (Å²) in [5.41, 5.74) is 1.52. The molecule has 0 radical (unpaired) electrons. The van der Waals surface area contributed by atoms with Gasteiger partial charge in [0.15, 0.2) is 0 Å². The van der Waals surface area contributed by atoms with E-state index in [1.165, 1.54) is 0 Å². The highest BCUT2D eigenvalue weighted by Gasteiger charge is 2.20. The van der Waals surface area contributed by atoms with Crippen LogP contribution in [0.2, 0.25) is 0 Å². The van der Waals surface area contributed by atoms with Gasteiger partial charge < -0.3 is 10.2 Å². The molecule has 0 aliphatic carbocycles. The van der Waals surface area contributed by atoms with Crippen LogP contribution in [0.4, 0.5) is 0 Å². The van der Waals surface area contributed by atoms with Crippen molar-refractivity contribution in [3.63, 3.8) is 0 Å². The summed E-state index contributed by atoms with van der Waals surface area (Å²) >= 11 is 3.34. The lowest BCUT2D eigenvalue weighted by atomic mass is 9.98. The van der Waals surface area contributed by atoms with E-state index in [0.717, 1.165) is 10.0 Å². The predicted octanol–water partition coefficient (Wildman–Crippen LogP) is 2.07. The third-order valence-electron chi connectivity index (χ3n) is 2.29. The SMILES string of the molecule is Cc1c(Br)cccc1C(O)C(O)CC#N. The second-order valence-corrected chi connectivity index (χ2v) is 4.18. The molecule has 80 valence electrons. The lowest BCUT2D eigenvalue weighted by molar-refractivity contribution is 0.0212. The molecule has 1 aromatic carbocycles. The molecular weight excluding hydrogens is 258 g/mol. The number of nitriles is 1. The van der Waals surface area contributed by atoms with Gasteiger partial charge in [0.25, 0.3) is 0 Å². The average molecular weight is 270 g/mol. The summed E-state index contributed by atoms with van der Waals surface area (Å²) in [6, 6.07) is 7.22. The van der Waals surface area contributed by atoms with Crippen LogP contribution in [0.3, 0.4) is 0 Å². The maximum atomic E-state index is 9.80. The van der Waals surface area contributed by atoms with E-state index in [4.69, 9.17) is 5.26 Å². The van der Waals surface area contributed by atoms with Crippen molar-refractivity contribution >= 4 is 15.9 Å². The molecule has 2 atom stereocenters. The molecule has 0 spiro atoms.